The summed E-state index contributed by atoms with van der Waals surface area (Å²) in [6.07, 6.45) is 1.77. The van der Waals surface area contributed by atoms with Gasteiger partial charge >= 0.3 is 0 Å². The summed E-state index contributed by atoms with van der Waals surface area (Å²) >= 11 is 1.56. The van der Waals surface area contributed by atoms with E-state index in [-0.39, 0.29) is 0 Å². The summed E-state index contributed by atoms with van der Waals surface area (Å²) in [5.74, 6) is 0. The molecule has 0 amide bonds. The number of nitrogens with one attached hydrogen (secondary N) is 2. The molecular weight excluding hydrogens is 122 g/mol. The van der Waals surface area contributed by atoms with Crippen LogP contribution in [0.5, 0.6) is 0 Å². The van der Waals surface area contributed by atoms with Crippen molar-refractivity contribution in [3.8, 4) is 0 Å². The van der Waals surface area contributed by atoms with Crippen molar-refractivity contribution in [1.82, 2.24) is 10.4 Å². The van der Waals surface area contributed by atoms with E-state index in [0.29, 0.717) is 0 Å². The molecule has 0 spiro atoms. The summed E-state index contributed by atoms with van der Waals surface area (Å²) in [6, 6.07) is 0. The molecule has 0 bridgehead atoms. The predicted octanol–water partition coefficient (Wildman–Crippen LogP) is 0.689. The van der Waals surface area contributed by atoms with Gasteiger partial charge in [0.2, 0.25) is 0 Å². The minimum atomic E-state index is 1.03. The average molecular weight is 129 g/mol. The Bertz CT molecular complexity index is 137. The van der Waals surface area contributed by atoms with Gasteiger partial charge in [0, 0.05) is 7.05 Å². The smallest absolute Gasteiger partial charge is 0.123 e. The first-order valence-corrected chi connectivity index (χ1v) is 3.12. The van der Waals surface area contributed by atoms with Crippen molar-refractivity contribution < 1.29 is 0 Å². The zero-order valence-corrected chi connectivity index (χ0v) is 5.33. The van der Waals surface area contributed by atoms with Gasteiger partial charge in [-0.1, -0.05) is 0 Å². The van der Waals surface area contributed by atoms with E-state index in [9.17, 15) is 0 Å². The maximum Gasteiger partial charge on any atom is 0.123 e. The summed E-state index contributed by atoms with van der Waals surface area (Å²) in [5.41, 5.74) is 7.46. The molecule has 0 aliphatic rings. The minimum Gasteiger partial charge on any atom is -0.312 e. The molecule has 2 N–H and O–H groups in total. The molecule has 8 heavy (non-hydrogen) atoms. The van der Waals surface area contributed by atoms with Gasteiger partial charge in [-0.15, -0.1) is 11.3 Å². The zero-order valence-electron chi connectivity index (χ0n) is 4.51. The third kappa shape index (κ3) is 1.18. The van der Waals surface area contributed by atoms with Crippen LogP contribution in [0.4, 0.5) is 5.00 Å². The largest absolute Gasteiger partial charge is 0.312 e. The van der Waals surface area contributed by atoms with Gasteiger partial charge in [0.05, 0.1) is 11.7 Å². The molecule has 44 valence electrons. The van der Waals surface area contributed by atoms with Crippen molar-refractivity contribution in [3.05, 3.63) is 11.7 Å². The van der Waals surface area contributed by atoms with E-state index in [0.717, 1.165) is 5.00 Å². The standard InChI is InChI=1S/C4H7N3S/c1-5-7-4-2-6-3-8-4/h2-3,5,7H,1H3. The molecular formula is C4H7N3S. The fourth-order valence-corrected chi connectivity index (χ4v) is 0.919. The zero-order chi connectivity index (χ0) is 5.82. The third-order valence-electron chi connectivity index (χ3n) is 0.681. The molecule has 1 heterocycles. The van der Waals surface area contributed by atoms with E-state index in [1.165, 1.54) is 0 Å². The van der Waals surface area contributed by atoms with E-state index >= 15 is 0 Å². The molecule has 0 atom stereocenters. The summed E-state index contributed by atoms with van der Waals surface area (Å²) in [4.78, 5) is 3.86. The average Bonchev–Trinajstić information content (AvgIpc) is 2.19. The molecule has 0 aromatic carbocycles. The van der Waals surface area contributed by atoms with E-state index in [1.54, 1.807) is 23.0 Å². The quantitative estimate of drug-likeness (QED) is 0.577. The van der Waals surface area contributed by atoms with Gasteiger partial charge in [-0.25, -0.2) is 5.43 Å². The second-order valence-corrected chi connectivity index (χ2v) is 2.13. The van der Waals surface area contributed by atoms with Crippen LogP contribution < -0.4 is 10.9 Å². The summed E-state index contributed by atoms with van der Waals surface area (Å²) < 4.78 is 0. The number of nitrogens with zero attached hydrogens (tertiary/aromatic N) is 1. The van der Waals surface area contributed by atoms with Crippen LogP contribution in [0.1, 0.15) is 0 Å². The van der Waals surface area contributed by atoms with Crippen LogP contribution in [-0.2, 0) is 0 Å². The lowest BCUT2D eigenvalue weighted by atomic mass is 10.9. The monoisotopic (exact) mass is 129 g/mol. The van der Waals surface area contributed by atoms with Gasteiger partial charge in [0.15, 0.2) is 0 Å². The van der Waals surface area contributed by atoms with Crippen molar-refractivity contribution in [2.45, 2.75) is 0 Å². The second-order valence-electron chi connectivity index (χ2n) is 1.24. The van der Waals surface area contributed by atoms with Gasteiger partial charge in [-0.05, 0) is 0 Å². The Morgan fingerprint density at radius 3 is 3.12 bits per heavy atom. The summed E-state index contributed by atoms with van der Waals surface area (Å²) in [6.45, 7) is 0. The van der Waals surface area contributed by atoms with Crippen molar-refractivity contribution in [3.63, 3.8) is 0 Å². The molecule has 0 aliphatic carbocycles. The first-order chi connectivity index (χ1) is 3.93. The highest BCUT2D eigenvalue weighted by Crippen LogP contribution is 2.09. The predicted molar refractivity (Wildman–Crippen MR) is 34.8 cm³/mol. The number of aromatic nitrogens is 1. The molecule has 0 radical (unpaired) electrons. The van der Waals surface area contributed by atoms with Crippen LogP contribution in [0.2, 0.25) is 0 Å². The summed E-state index contributed by atoms with van der Waals surface area (Å²) in [7, 11) is 1.82. The topological polar surface area (TPSA) is 37.0 Å². The molecule has 0 unspecified atom stereocenters. The lowest BCUT2D eigenvalue weighted by Crippen LogP contribution is -2.13. The first-order valence-electron chi connectivity index (χ1n) is 2.24. The van der Waals surface area contributed by atoms with Crippen LogP contribution in [0.25, 0.3) is 0 Å². The fourth-order valence-electron chi connectivity index (χ4n) is 0.401. The lowest BCUT2D eigenvalue weighted by molar-refractivity contribution is 0.990. The lowest BCUT2D eigenvalue weighted by Gasteiger charge is -1.94. The third-order valence-corrected chi connectivity index (χ3v) is 1.37. The van der Waals surface area contributed by atoms with Crippen LogP contribution in [0.15, 0.2) is 11.7 Å². The van der Waals surface area contributed by atoms with E-state index in [1.807, 2.05) is 7.05 Å². The van der Waals surface area contributed by atoms with Crippen LogP contribution in [-0.4, -0.2) is 12.0 Å². The SMILES string of the molecule is CNNc1cncs1. The summed E-state index contributed by atoms with van der Waals surface area (Å²) in [5, 5.41) is 1.03. The Kier molecular flexibility index (Phi) is 1.82. The molecule has 0 fully saturated rings. The Balaban J connectivity index is 2.50. The molecule has 1 rings (SSSR count). The fraction of sp³-hybridized carbons (Fsp3) is 0.250. The van der Waals surface area contributed by atoms with Gasteiger partial charge in [-0.2, -0.15) is 0 Å². The molecule has 4 heteroatoms. The van der Waals surface area contributed by atoms with Gasteiger partial charge in [0.1, 0.15) is 5.00 Å². The van der Waals surface area contributed by atoms with Crippen molar-refractivity contribution in [2.24, 2.45) is 0 Å². The van der Waals surface area contributed by atoms with Crippen molar-refractivity contribution in [1.29, 1.82) is 0 Å². The highest BCUT2D eigenvalue weighted by Gasteiger charge is 1.85. The van der Waals surface area contributed by atoms with Crippen LogP contribution in [0, 0.1) is 0 Å². The minimum absolute atomic E-state index is 1.03. The van der Waals surface area contributed by atoms with Crippen LogP contribution in [0.3, 0.4) is 0 Å². The molecule has 0 saturated heterocycles. The second kappa shape index (κ2) is 2.64. The first kappa shape index (κ1) is 5.53. The molecule has 1 aromatic heterocycles. The Hall–Kier alpha value is -0.610. The maximum atomic E-state index is 3.86. The van der Waals surface area contributed by atoms with Gasteiger partial charge in [0.25, 0.3) is 0 Å². The van der Waals surface area contributed by atoms with Gasteiger partial charge in [-0.3, -0.25) is 4.98 Å². The number of rotatable bonds is 2. The Morgan fingerprint density at radius 1 is 1.75 bits per heavy atom. The maximum absolute atomic E-state index is 3.86. The highest BCUT2D eigenvalue weighted by atomic mass is 32.1. The normalized spacial score (nSPS) is 9.12. The van der Waals surface area contributed by atoms with E-state index in [4.69, 9.17) is 0 Å². The number of hydrogen-bond donors (Lipinski definition) is 2. The Labute approximate surface area is 51.7 Å². The number of anilines is 1. The molecule has 0 saturated carbocycles. The van der Waals surface area contributed by atoms with Crippen LogP contribution >= 0.6 is 11.3 Å². The van der Waals surface area contributed by atoms with Crippen molar-refractivity contribution in [2.75, 3.05) is 12.5 Å². The number of hydrazine groups is 1. The molecule has 0 aliphatic heterocycles. The number of thiazole rings is 1. The van der Waals surface area contributed by atoms with E-state index in [2.05, 4.69) is 15.8 Å². The Morgan fingerprint density at radius 2 is 2.62 bits per heavy atom. The number of hydrogen-bond acceptors (Lipinski definition) is 4. The highest BCUT2D eigenvalue weighted by molar-refractivity contribution is 7.13. The van der Waals surface area contributed by atoms with Gasteiger partial charge < -0.3 is 5.43 Å². The van der Waals surface area contributed by atoms with E-state index < -0.39 is 0 Å². The molecule has 3 nitrogen and oxygen atoms in total. The van der Waals surface area contributed by atoms with Crippen molar-refractivity contribution >= 4 is 16.3 Å². The molecule has 1 aromatic rings.